The molecule has 1 N–H and O–H groups in total. The van der Waals surface area contributed by atoms with Crippen LogP contribution < -0.4 is 10.1 Å². The van der Waals surface area contributed by atoms with Crippen LogP contribution in [-0.2, 0) is 16.1 Å². The van der Waals surface area contributed by atoms with Crippen molar-refractivity contribution < 1.29 is 19.1 Å². The molecule has 146 valence electrons. The van der Waals surface area contributed by atoms with Gasteiger partial charge in [-0.2, -0.15) is 0 Å². The maximum absolute atomic E-state index is 12.9. The van der Waals surface area contributed by atoms with Crippen LogP contribution in [0.1, 0.15) is 31.0 Å². The number of nitrogens with one attached hydrogen (secondary N) is 1. The number of carbonyl (C=O) groups excluding carboxylic acids is 2. The van der Waals surface area contributed by atoms with Crippen LogP contribution in [0, 0.1) is 0 Å². The summed E-state index contributed by atoms with van der Waals surface area (Å²) in [5.74, 6) is 0.146. The first-order valence-electron chi connectivity index (χ1n) is 9.19. The molecule has 2 aromatic carbocycles. The fourth-order valence-corrected chi connectivity index (χ4v) is 3.35. The molecule has 28 heavy (non-hydrogen) atoms. The summed E-state index contributed by atoms with van der Waals surface area (Å²) in [4.78, 5) is 27.1. The van der Waals surface area contributed by atoms with Crippen LogP contribution in [0.3, 0.4) is 0 Å². The van der Waals surface area contributed by atoms with Crippen LogP contribution in [0.5, 0.6) is 5.75 Å². The summed E-state index contributed by atoms with van der Waals surface area (Å²) < 4.78 is 10.7. The van der Waals surface area contributed by atoms with Crippen molar-refractivity contribution in [2.75, 3.05) is 13.7 Å². The normalized spacial score (nSPS) is 16.6. The maximum Gasteiger partial charge on any atom is 0.337 e. The Labute approximate surface area is 164 Å². The summed E-state index contributed by atoms with van der Waals surface area (Å²) in [7, 11) is 1.34. The van der Waals surface area contributed by atoms with E-state index < -0.39 is 12.0 Å². The predicted octanol–water partition coefficient (Wildman–Crippen LogP) is 3.80. The SMILES string of the molecule is CCOc1ccccc1[C@H]1NC(=O)N(Cc2ccccc2)C(C)=C1C(=O)OC. The molecule has 1 aliphatic rings. The van der Waals surface area contributed by atoms with E-state index in [0.717, 1.165) is 11.1 Å². The van der Waals surface area contributed by atoms with Gasteiger partial charge in [-0.3, -0.25) is 4.90 Å². The highest BCUT2D eigenvalue weighted by molar-refractivity contribution is 5.95. The van der Waals surface area contributed by atoms with Crippen molar-refractivity contribution >= 4 is 12.0 Å². The van der Waals surface area contributed by atoms with E-state index in [2.05, 4.69) is 5.32 Å². The number of carbonyl (C=O) groups is 2. The molecule has 0 spiro atoms. The minimum Gasteiger partial charge on any atom is -0.494 e. The monoisotopic (exact) mass is 380 g/mol. The zero-order valence-electron chi connectivity index (χ0n) is 16.3. The molecule has 0 aliphatic carbocycles. The van der Waals surface area contributed by atoms with Gasteiger partial charge in [0.05, 0.1) is 31.9 Å². The van der Waals surface area contributed by atoms with E-state index in [-0.39, 0.29) is 6.03 Å². The predicted molar refractivity (Wildman–Crippen MR) is 106 cm³/mol. The van der Waals surface area contributed by atoms with E-state index in [0.29, 0.717) is 30.2 Å². The molecule has 3 rings (SSSR count). The van der Waals surface area contributed by atoms with Crippen LogP contribution in [0.4, 0.5) is 4.79 Å². The van der Waals surface area contributed by atoms with Crippen LogP contribution in [0.25, 0.3) is 0 Å². The van der Waals surface area contributed by atoms with E-state index in [1.54, 1.807) is 11.8 Å². The lowest BCUT2D eigenvalue weighted by Gasteiger charge is -2.35. The van der Waals surface area contributed by atoms with E-state index in [1.165, 1.54) is 7.11 Å². The number of methoxy groups -OCH3 is 1. The Balaban J connectivity index is 2.05. The smallest absolute Gasteiger partial charge is 0.337 e. The Morgan fingerprint density at radius 1 is 1.11 bits per heavy atom. The molecule has 6 heteroatoms. The molecule has 1 heterocycles. The van der Waals surface area contributed by atoms with Crippen LogP contribution in [0.15, 0.2) is 65.9 Å². The first-order chi connectivity index (χ1) is 13.6. The van der Waals surface area contributed by atoms with Gasteiger partial charge < -0.3 is 14.8 Å². The number of rotatable bonds is 6. The number of amides is 2. The first kappa shape index (κ1) is 19.5. The van der Waals surface area contributed by atoms with Gasteiger partial charge >= 0.3 is 12.0 Å². The van der Waals surface area contributed by atoms with Crippen LogP contribution >= 0.6 is 0 Å². The lowest BCUT2D eigenvalue weighted by atomic mass is 9.94. The van der Waals surface area contributed by atoms with E-state index in [1.807, 2.05) is 61.5 Å². The van der Waals surface area contributed by atoms with Crippen molar-refractivity contribution in [3.05, 3.63) is 77.0 Å². The average molecular weight is 380 g/mol. The van der Waals surface area contributed by atoms with Gasteiger partial charge in [0.1, 0.15) is 5.75 Å². The zero-order chi connectivity index (χ0) is 20.1. The number of para-hydroxylation sites is 1. The van der Waals surface area contributed by atoms with E-state index in [9.17, 15) is 9.59 Å². The highest BCUT2D eigenvalue weighted by Crippen LogP contribution is 2.36. The quantitative estimate of drug-likeness (QED) is 0.774. The second-order valence-electron chi connectivity index (χ2n) is 6.42. The molecule has 2 aromatic rings. The minimum atomic E-state index is -0.644. The third-order valence-electron chi connectivity index (χ3n) is 4.71. The third kappa shape index (κ3) is 3.86. The minimum absolute atomic E-state index is 0.273. The Hall–Kier alpha value is -3.28. The fraction of sp³-hybridized carbons (Fsp3) is 0.273. The molecule has 0 radical (unpaired) electrons. The van der Waals surface area contributed by atoms with Crippen LogP contribution in [0.2, 0.25) is 0 Å². The molecule has 6 nitrogen and oxygen atoms in total. The molecule has 0 fully saturated rings. The molecule has 1 aliphatic heterocycles. The average Bonchev–Trinajstić information content (AvgIpc) is 2.71. The third-order valence-corrected chi connectivity index (χ3v) is 4.71. The van der Waals surface area contributed by atoms with Crippen molar-refractivity contribution in [1.82, 2.24) is 10.2 Å². The summed E-state index contributed by atoms with van der Waals surface area (Å²) in [6.07, 6.45) is 0. The molecule has 2 amide bonds. The molecule has 0 unspecified atom stereocenters. The lowest BCUT2D eigenvalue weighted by Crippen LogP contribution is -2.47. The summed E-state index contributed by atoms with van der Waals surface area (Å²) >= 11 is 0. The number of urea groups is 1. The van der Waals surface area contributed by atoms with Gasteiger partial charge in [0.25, 0.3) is 0 Å². The number of ether oxygens (including phenoxy) is 2. The van der Waals surface area contributed by atoms with Gasteiger partial charge in [-0.25, -0.2) is 9.59 Å². The van der Waals surface area contributed by atoms with E-state index in [4.69, 9.17) is 9.47 Å². The summed E-state index contributed by atoms with van der Waals surface area (Å²) in [6.45, 7) is 4.50. The van der Waals surface area contributed by atoms with Crippen molar-refractivity contribution in [1.29, 1.82) is 0 Å². The van der Waals surface area contributed by atoms with Gasteiger partial charge in [0.15, 0.2) is 0 Å². The van der Waals surface area contributed by atoms with Gasteiger partial charge in [-0.15, -0.1) is 0 Å². The molecule has 1 atom stereocenters. The Morgan fingerprint density at radius 3 is 2.46 bits per heavy atom. The summed E-state index contributed by atoms with van der Waals surface area (Å²) in [5.41, 5.74) is 2.65. The Morgan fingerprint density at radius 2 is 1.79 bits per heavy atom. The largest absolute Gasteiger partial charge is 0.494 e. The number of nitrogens with zero attached hydrogens (tertiary/aromatic N) is 1. The topological polar surface area (TPSA) is 67.9 Å². The summed E-state index contributed by atoms with van der Waals surface area (Å²) in [5, 5.41) is 2.95. The van der Waals surface area contributed by atoms with Gasteiger partial charge in [-0.05, 0) is 25.5 Å². The molecule has 0 bridgehead atoms. The van der Waals surface area contributed by atoms with Crippen molar-refractivity contribution in [2.45, 2.75) is 26.4 Å². The highest BCUT2D eigenvalue weighted by atomic mass is 16.5. The number of esters is 1. The van der Waals surface area contributed by atoms with Gasteiger partial charge in [0, 0.05) is 11.3 Å². The second kappa shape index (κ2) is 8.61. The number of hydrogen-bond donors (Lipinski definition) is 1. The van der Waals surface area contributed by atoms with Crippen LogP contribution in [-0.4, -0.2) is 30.6 Å². The molecule has 0 saturated heterocycles. The zero-order valence-corrected chi connectivity index (χ0v) is 16.3. The molecule has 0 saturated carbocycles. The van der Waals surface area contributed by atoms with Gasteiger partial charge in [-0.1, -0.05) is 48.5 Å². The molecular formula is C22H24N2O4. The highest BCUT2D eigenvalue weighted by Gasteiger charge is 2.37. The lowest BCUT2D eigenvalue weighted by molar-refractivity contribution is -0.136. The Bertz CT molecular complexity index is 892. The standard InChI is InChI=1S/C22H24N2O4/c1-4-28-18-13-9-8-12-17(18)20-19(21(25)27-3)15(2)24(22(26)23-20)14-16-10-6-5-7-11-16/h5-13,20H,4,14H2,1-3H3,(H,23,26)/t20-/m1/s1. The Kier molecular flexibility index (Phi) is 5.99. The fourth-order valence-electron chi connectivity index (χ4n) is 3.35. The molecule has 0 aromatic heterocycles. The number of allylic oxidation sites excluding steroid dienone is 1. The maximum atomic E-state index is 12.9. The first-order valence-corrected chi connectivity index (χ1v) is 9.19. The van der Waals surface area contributed by atoms with Crippen molar-refractivity contribution in [3.63, 3.8) is 0 Å². The van der Waals surface area contributed by atoms with Crippen molar-refractivity contribution in [3.8, 4) is 5.75 Å². The van der Waals surface area contributed by atoms with Gasteiger partial charge in [0.2, 0.25) is 0 Å². The number of benzene rings is 2. The second-order valence-corrected chi connectivity index (χ2v) is 6.42. The molecular weight excluding hydrogens is 356 g/mol. The number of hydrogen-bond acceptors (Lipinski definition) is 4. The van der Waals surface area contributed by atoms with E-state index >= 15 is 0 Å². The van der Waals surface area contributed by atoms with Crippen molar-refractivity contribution in [2.24, 2.45) is 0 Å². The summed E-state index contributed by atoms with van der Waals surface area (Å²) in [6, 6.07) is 16.1.